The molecule has 0 aliphatic heterocycles. The van der Waals surface area contributed by atoms with Crippen LogP contribution in [-0.2, 0) is 4.74 Å². The lowest BCUT2D eigenvalue weighted by Crippen LogP contribution is -2.18. The lowest BCUT2D eigenvalue weighted by Gasteiger charge is -2.12. The highest BCUT2D eigenvalue weighted by molar-refractivity contribution is 5.04. The van der Waals surface area contributed by atoms with Crippen LogP contribution in [0.25, 0.3) is 0 Å². The third-order valence-electron chi connectivity index (χ3n) is 2.71. The maximum absolute atomic E-state index is 4.99. The van der Waals surface area contributed by atoms with Crippen LogP contribution in [0.1, 0.15) is 38.5 Å². The molecular formula is C12H23NO. The Hall–Kier alpha value is -0.340. The molecule has 2 heteroatoms. The summed E-state index contributed by atoms with van der Waals surface area (Å²) in [5.74, 6) is 0. The van der Waals surface area contributed by atoms with E-state index in [-0.39, 0.29) is 0 Å². The van der Waals surface area contributed by atoms with Gasteiger partial charge in [0.1, 0.15) is 0 Å². The molecule has 0 atom stereocenters. The van der Waals surface area contributed by atoms with E-state index >= 15 is 0 Å². The second-order valence-corrected chi connectivity index (χ2v) is 3.95. The van der Waals surface area contributed by atoms with Gasteiger partial charge in [-0.15, -0.1) is 0 Å². The van der Waals surface area contributed by atoms with E-state index in [1.54, 1.807) is 12.7 Å². The maximum Gasteiger partial charge on any atom is 0.0474 e. The Morgan fingerprint density at radius 3 is 3.00 bits per heavy atom. The molecule has 0 fully saturated rings. The molecule has 82 valence electrons. The van der Waals surface area contributed by atoms with Gasteiger partial charge in [-0.05, 0) is 51.6 Å². The summed E-state index contributed by atoms with van der Waals surface area (Å²) in [7, 11) is 1.76. The maximum atomic E-state index is 4.99. The first-order valence-corrected chi connectivity index (χ1v) is 5.81. The SMILES string of the molecule is COCCCNCCC1=CCCCC1. The second-order valence-electron chi connectivity index (χ2n) is 3.95. The van der Waals surface area contributed by atoms with Crippen molar-refractivity contribution in [2.75, 3.05) is 26.8 Å². The van der Waals surface area contributed by atoms with Crippen molar-refractivity contribution in [2.24, 2.45) is 0 Å². The molecular weight excluding hydrogens is 174 g/mol. The van der Waals surface area contributed by atoms with Crippen molar-refractivity contribution >= 4 is 0 Å². The molecule has 0 spiro atoms. The monoisotopic (exact) mass is 197 g/mol. The van der Waals surface area contributed by atoms with Crippen molar-refractivity contribution in [3.63, 3.8) is 0 Å². The number of allylic oxidation sites excluding steroid dienone is 1. The van der Waals surface area contributed by atoms with Gasteiger partial charge in [-0.1, -0.05) is 11.6 Å². The van der Waals surface area contributed by atoms with Gasteiger partial charge in [-0.2, -0.15) is 0 Å². The molecule has 1 aliphatic carbocycles. The molecule has 2 nitrogen and oxygen atoms in total. The Balaban J connectivity index is 1.90. The summed E-state index contributed by atoms with van der Waals surface area (Å²) in [5, 5.41) is 3.45. The van der Waals surface area contributed by atoms with E-state index in [2.05, 4.69) is 11.4 Å². The summed E-state index contributed by atoms with van der Waals surface area (Å²) in [5.41, 5.74) is 1.66. The normalized spacial score (nSPS) is 16.8. The fraction of sp³-hybridized carbons (Fsp3) is 0.833. The minimum atomic E-state index is 0.871. The molecule has 1 aliphatic rings. The van der Waals surface area contributed by atoms with Gasteiger partial charge in [0.15, 0.2) is 0 Å². The van der Waals surface area contributed by atoms with E-state index in [9.17, 15) is 0 Å². The standard InChI is InChI=1S/C12H23NO/c1-14-11-5-9-13-10-8-12-6-3-2-4-7-12/h6,13H,2-5,7-11H2,1H3. The van der Waals surface area contributed by atoms with E-state index in [0.717, 1.165) is 26.1 Å². The van der Waals surface area contributed by atoms with E-state index in [1.807, 2.05) is 0 Å². The molecule has 0 heterocycles. The molecule has 14 heavy (non-hydrogen) atoms. The molecule has 1 N–H and O–H groups in total. The Labute approximate surface area is 87.7 Å². The predicted octanol–water partition coefficient (Wildman–Crippen LogP) is 2.50. The van der Waals surface area contributed by atoms with E-state index in [0.29, 0.717) is 0 Å². The van der Waals surface area contributed by atoms with Crippen molar-refractivity contribution in [3.8, 4) is 0 Å². The molecule has 0 radical (unpaired) electrons. The van der Waals surface area contributed by atoms with Gasteiger partial charge in [-0.25, -0.2) is 0 Å². The zero-order valence-corrected chi connectivity index (χ0v) is 9.35. The van der Waals surface area contributed by atoms with Crippen LogP contribution in [-0.4, -0.2) is 26.8 Å². The minimum Gasteiger partial charge on any atom is -0.385 e. The molecule has 0 aromatic heterocycles. The molecule has 0 bridgehead atoms. The first kappa shape index (κ1) is 11.7. The van der Waals surface area contributed by atoms with Crippen molar-refractivity contribution in [2.45, 2.75) is 38.5 Å². The van der Waals surface area contributed by atoms with Gasteiger partial charge in [-0.3, -0.25) is 0 Å². The van der Waals surface area contributed by atoms with Gasteiger partial charge in [0, 0.05) is 13.7 Å². The average Bonchev–Trinajstić information content (AvgIpc) is 2.25. The van der Waals surface area contributed by atoms with E-state index in [4.69, 9.17) is 4.74 Å². The van der Waals surface area contributed by atoms with Crippen LogP contribution in [0.2, 0.25) is 0 Å². The largest absolute Gasteiger partial charge is 0.385 e. The summed E-state index contributed by atoms with van der Waals surface area (Å²) in [6.45, 7) is 3.09. The highest BCUT2D eigenvalue weighted by atomic mass is 16.5. The lowest BCUT2D eigenvalue weighted by atomic mass is 9.97. The van der Waals surface area contributed by atoms with Crippen LogP contribution >= 0.6 is 0 Å². The number of nitrogens with one attached hydrogen (secondary N) is 1. The average molecular weight is 197 g/mol. The topological polar surface area (TPSA) is 21.3 Å². The highest BCUT2D eigenvalue weighted by Gasteiger charge is 2.02. The van der Waals surface area contributed by atoms with Gasteiger partial charge >= 0.3 is 0 Å². The van der Waals surface area contributed by atoms with Crippen molar-refractivity contribution in [3.05, 3.63) is 11.6 Å². The van der Waals surface area contributed by atoms with Crippen LogP contribution in [0.4, 0.5) is 0 Å². The predicted molar refractivity (Wildman–Crippen MR) is 60.5 cm³/mol. The lowest BCUT2D eigenvalue weighted by molar-refractivity contribution is 0.194. The highest BCUT2D eigenvalue weighted by Crippen LogP contribution is 2.19. The summed E-state index contributed by atoms with van der Waals surface area (Å²) in [4.78, 5) is 0. The molecule has 0 unspecified atom stereocenters. The molecule has 0 saturated carbocycles. The smallest absolute Gasteiger partial charge is 0.0474 e. The number of hydrogen-bond donors (Lipinski definition) is 1. The molecule has 0 amide bonds. The zero-order chi connectivity index (χ0) is 10.1. The Morgan fingerprint density at radius 1 is 1.36 bits per heavy atom. The summed E-state index contributed by atoms with van der Waals surface area (Å²) in [6, 6.07) is 0. The third-order valence-corrected chi connectivity index (χ3v) is 2.71. The van der Waals surface area contributed by atoms with Crippen LogP contribution in [0.15, 0.2) is 11.6 Å². The summed E-state index contributed by atoms with van der Waals surface area (Å²) >= 11 is 0. The first-order valence-electron chi connectivity index (χ1n) is 5.81. The van der Waals surface area contributed by atoms with Crippen LogP contribution in [0, 0.1) is 0 Å². The third kappa shape index (κ3) is 5.40. The Bertz CT molecular complexity index is 166. The molecule has 0 aromatic rings. The Morgan fingerprint density at radius 2 is 2.29 bits per heavy atom. The number of ether oxygens (including phenoxy) is 1. The number of rotatable bonds is 7. The Kier molecular flexibility index (Phi) is 6.71. The van der Waals surface area contributed by atoms with Crippen LogP contribution < -0.4 is 5.32 Å². The van der Waals surface area contributed by atoms with Crippen LogP contribution in [0.3, 0.4) is 0 Å². The van der Waals surface area contributed by atoms with Gasteiger partial charge in [0.2, 0.25) is 0 Å². The molecule has 0 aromatic carbocycles. The fourth-order valence-electron chi connectivity index (χ4n) is 1.85. The summed E-state index contributed by atoms with van der Waals surface area (Å²) in [6.07, 6.45) is 10.2. The van der Waals surface area contributed by atoms with E-state index in [1.165, 1.54) is 32.1 Å². The van der Waals surface area contributed by atoms with Gasteiger partial charge in [0.25, 0.3) is 0 Å². The van der Waals surface area contributed by atoms with Crippen molar-refractivity contribution in [1.82, 2.24) is 5.32 Å². The number of hydrogen-bond acceptors (Lipinski definition) is 2. The fourth-order valence-corrected chi connectivity index (χ4v) is 1.85. The van der Waals surface area contributed by atoms with Gasteiger partial charge < -0.3 is 10.1 Å². The zero-order valence-electron chi connectivity index (χ0n) is 9.35. The van der Waals surface area contributed by atoms with Crippen molar-refractivity contribution in [1.29, 1.82) is 0 Å². The molecule has 0 saturated heterocycles. The minimum absolute atomic E-state index is 0.871. The second kappa shape index (κ2) is 8.01. The quantitative estimate of drug-likeness (QED) is 0.500. The van der Waals surface area contributed by atoms with Crippen molar-refractivity contribution < 1.29 is 4.74 Å². The first-order chi connectivity index (χ1) is 6.93. The number of methoxy groups -OCH3 is 1. The van der Waals surface area contributed by atoms with Crippen LogP contribution in [0.5, 0.6) is 0 Å². The van der Waals surface area contributed by atoms with Gasteiger partial charge in [0.05, 0.1) is 0 Å². The molecule has 1 rings (SSSR count). The summed E-state index contributed by atoms with van der Waals surface area (Å²) < 4.78 is 4.99. The van der Waals surface area contributed by atoms with E-state index < -0.39 is 0 Å².